The van der Waals surface area contributed by atoms with Gasteiger partial charge in [-0.15, -0.1) is 0 Å². The fourth-order valence-corrected chi connectivity index (χ4v) is 1.44. The summed E-state index contributed by atoms with van der Waals surface area (Å²) in [7, 11) is 0. The third-order valence-electron chi connectivity index (χ3n) is 2.67. The second-order valence-electron chi connectivity index (χ2n) is 4.40. The van der Waals surface area contributed by atoms with Crippen LogP contribution < -0.4 is 11.1 Å². The molecule has 0 aliphatic heterocycles. The van der Waals surface area contributed by atoms with E-state index < -0.39 is 6.04 Å². The zero-order valence-corrected chi connectivity index (χ0v) is 10.2. The molecule has 17 heavy (non-hydrogen) atoms. The summed E-state index contributed by atoms with van der Waals surface area (Å²) in [5, 5.41) is 2.71. The highest BCUT2D eigenvalue weighted by Gasteiger charge is 2.16. The van der Waals surface area contributed by atoms with Crippen molar-refractivity contribution in [2.45, 2.75) is 26.3 Å². The Kier molecular flexibility index (Phi) is 5.10. The number of hydrogen-bond acceptors (Lipinski definition) is 2. The Labute approximate surface area is 101 Å². The Balaban J connectivity index is 2.38. The fourth-order valence-electron chi connectivity index (χ4n) is 1.44. The minimum Gasteiger partial charge on any atom is -0.354 e. The van der Waals surface area contributed by atoms with Crippen LogP contribution in [0.25, 0.3) is 0 Å². The van der Waals surface area contributed by atoms with Crippen LogP contribution in [0.15, 0.2) is 24.3 Å². The minimum absolute atomic E-state index is 0.100. The summed E-state index contributed by atoms with van der Waals surface area (Å²) in [5.41, 5.74) is 6.29. The van der Waals surface area contributed by atoms with Gasteiger partial charge in [0, 0.05) is 6.54 Å². The maximum absolute atomic E-state index is 13.3. The lowest BCUT2D eigenvalue weighted by Gasteiger charge is -2.15. The second kappa shape index (κ2) is 6.35. The molecule has 0 aliphatic rings. The van der Waals surface area contributed by atoms with Crippen LogP contribution in [0.3, 0.4) is 0 Å². The highest BCUT2D eigenvalue weighted by Crippen LogP contribution is 2.06. The van der Waals surface area contributed by atoms with Crippen molar-refractivity contribution in [3.8, 4) is 0 Å². The van der Waals surface area contributed by atoms with Crippen LogP contribution >= 0.6 is 0 Å². The van der Waals surface area contributed by atoms with Crippen molar-refractivity contribution in [1.29, 1.82) is 0 Å². The van der Waals surface area contributed by atoms with Gasteiger partial charge in [0.15, 0.2) is 0 Å². The van der Waals surface area contributed by atoms with E-state index in [-0.39, 0.29) is 17.6 Å². The van der Waals surface area contributed by atoms with E-state index in [9.17, 15) is 9.18 Å². The molecule has 0 saturated heterocycles. The molecule has 1 rings (SSSR count). The van der Waals surface area contributed by atoms with Gasteiger partial charge in [-0.3, -0.25) is 4.79 Å². The standard InChI is InChI=1S/C13H19FN2O/c1-9(2)12(15)13(17)16-8-7-10-5-3-4-6-11(10)14/h3-6,9,12H,7-8,15H2,1-2H3,(H,16,17)/t12-/m0/s1. The number of carbonyl (C=O) groups is 1. The molecule has 0 aromatic heterocycles. The molecule has 0 bridgehead atoms. The van der Waals surface area contributed by atoms with E-state index >= 15 is 0 Å². The monoisotopic (exact) mass is 238 g/mol. The van der Waals surface area contributed by atoms with Crippen molar-refractivity contribution in [3.63, 3.8) is 0 Å². The van der Waals surface area contributed by atoms with Crippen LogP contribution in [0.2, 0.25) is 0 Å². The van der Waals surface area contributed by atoms with Gasteiger partial charge in [-0.1, -0.05) is 32.0 Å². The lowest BCUT2D eigenvalue weighted by Crippen LogP contribution is -2.44. The average molecular weight is 238 g/mol. The first-order chi connectivity index (χ1) is 8.02. The number of hydrogen-bond donors (Lipinski definition) is 2. The van der Waals surface area contributed by atoms with Crippen molar-refractivity contribution in [2.24, 2.45) is 11.7 Å². The lowest BCUT2D eigenvalue weighted by atomic mass is 10.0. The van der Waals surface area contributed by atoms with Gasteiger partial charge in [0.2, 0.25) is 5.91 Å². The molecular formula is C13H19FN2O. The summed E-state index contributed by atoms with van der Waals surface area (Å²) >= 11 is 0. The number of carbonyl (C=O) groups excluding carboxylic acids is 1. The van der Waals surface area contributed by atoms with E-state index in [1.54, 1.807) is 18.2 Å². The molecule has 0 unspecified atom stereocenters. The lowest BCUT2D eigenvalue weighted by molar-refractivity contribution is -0.123. The largest absolute Gasteiger partial charge is 0.354 e. The minimum atomic E-state index is -0.504. The van der Waals surface area contributed by atoms with Crippen LogP contribution in [0.1, 0.15) is 19.4 Å². The zero-order chi connectivity index (χ0) is 12.8. The van der Waals surface area contributed by atoms with E-state index in [2.05, 4.69) is 5.32 Å². The molecular weight excluding hydrogens is 219 g/mol. The Bertz CT molecular complexity index is 379. The molecule has 1 aromatic carbocycles. The van der Waals surface area contributed by atoms with Gasteiger partial charge in [-0.05, 0) is 24.0 Å². The molecule has 94 valence electrons. The summed E-state index contributed by atoms with van der Waals surface area (Å²) in [4.78, 5) is 11.5. The first-order valence-corrected chi connectivity index (χ1v) is 5.79. The van der Waals surface area contributed by atoms with E-state index in [0.29, 0.717) is 18.5 Å². The van der Waals surface area contributed by atoms with E-state index in [1.165, 1.54) is 6.07 Å². The zero-order valence-electron chi connectivity index (χ0n) is 10.2. The van der Waals surface area contributed by atoms with Crippen molar-refractivity contribution < 1.29 is 9.18 Å². The van der Waals surface area contributed by atoms with Crippen LogP contribution in [-0.4, -0.2) is 18.5 Å². The molecule has 0 radical (unpaired) electrons. The van der Waals surface area contributed by atoms with Crippen molar-refractivity contribution in [3.05, 3.63) is 35.6 Å². The Morgan fingerprint density at radius 3 is 2.65 bits per heavy atom. The first-order valence-electron chi connectivity index (χ1n) is 5.79. The number of benzene rings is 1. The molecule has 0 spiro atoms. The highest BCUT2D eigenvalue weighted by atomic mass is 19.1. The molecule has 0 saturated carbocycles. The molecule has 3 nitrogen and oxygen atoms in total. The smallest absolute Gasteiger partial charge is 0.237 e. The third-order valence-corrected chi connectivity index (χ3v) is 2.67. The SMILES string of the molecule is CC(C)[C@H](N)C(=O)NCCc1ccccc1F. The summed E-state index contributed by atoms with van der Waals surface area (Å²) < 4.78 is 13.3. The first kappa shape index (κ1) is 13.6. The summed E-state index contributed by atoms with van der Waals surface area (Å²) in [6.45, 7) is 4.18. The summed E-state index contributed by atoms with van der Waals surface area (Å²) in [6, 6.07) is 6.04. The Morgan fingerprint density at radius 1 is 1.41 bits per heavy atom. The van der Waals surface area contributed by atoms with Crippen LogP contribution in [0.4, 0.5) is 4.39 Å². The van der Waals surface area contributed by atoms with Gasteiger partial charge in [-0.2, -0.15) is 0 Å². The van der Waals surface area contributed by atoms with E-state index in [4.69, 9.17) is 5.73 Å². The van der Waals surface area contributed by atoms with E-state index in [1.807, 2.05) is 13.8 Å². The normalized spacial score (nSPS) is 12.5. The van der Waals surface area contributed by atoms with Gasteiger partial charge in [0.25, 0.3) is 0 Å². The fraction of sp³-hybridized carbons (Fsp3) is 0.462. The third kappa shape index (κ3) is 4.15. The van der Waals surface area contributed by atoms with Gasteiger partial charge >= 0.3 is 0 Å². The second-order valence-corrected chi connectivity index (χ2v) is 4.40. The number of halogens is 1. The molecule has 4 heteroatoms. The molecule has 0 aliphatic carbocycles. The predicted molar refractivity (Wildman–Crippen MR) is 65.9 cm³/mol. The van der Waals surface area contributed by atoms with E-state index in [0.717, 1.165) is 0 Å². The Morgan fingerprint density at radius 2 is 2.06 bits per heavy atom. The number of nitrogens with two attached hydrogens (primary N) is 1. The van der Waals surface area contributed by atoms with Gasteiger partial charge in [0.05, 0.1) is 6.04 Å². The molecule has 0 heterocycles. The maximum atomic E-state index is 13.3. The van der Waals surface area contributed by atoms with Crippen LogP contribution in [-0.2, 0) is 11.2 Å². The summed E-state index contributed by atoms with van der Waals surface area (Å²) in [5.74, 6) is -0.324. The molecule has 1 amide bonds. The van der Waals surface area contributed by atoms with Crippen LogP contribution in [0.5, 0.6) is 0 Å². The highest BCUT2D eigenvalue weighted by molar-refractivity contribution is 5.81. The number of rotatable bonds is 5. The van der Waals surface area contributed by atoms with Crippen LogP contribution in [0, 0.1) is 11.7 Å². The molecule has 1 aromatic rings. The quantitative estimate of drug-likeness (QED) is 0.816. The topological polar surface area (TPSA) is 55.1 Å². The molecule has 1 atom stereocenters. The number of amides is 1. The van der Waals surface area contributed by atoms with Crippen molar-refractivity contribution >= 4 is 5.91 Å². The molecule has 3 N–H and O–H groups in total. The average Bonchev–Trinajstić information content (AvgIpc) is 2.30. The number of nitrogens with one attached hydrogen (secondary N) is 1. The van der Waals surface area contributed by atoms with Crippen molar-refractivity contribution in [1.82, 2.24) is 5.32 Å². The van der Waals surface area contributed by atoms with Gasteiger partial charge < -0.3 is 11.1 Å². The van der Waals surface area contributed by atoms with Gasteiger partial charge in [0.1, 0.15) is 5.82 Å². The van der Waals surface area contributed by atoms with Crippen molar-refractivity contribution in [2.75, 3.05) is 6.54 Å². The maximum Gasteiger partial charge on any atom is 0.237 e. The molecule has 0 fully saturated rings. The summed E-state index contributed by atoms with van der Waals surface area (Å²) in [6.07, 6.45) is 0.475. The van der Waals surface area contributed by atoms with Gasteiger partial charge in [-0.25, -0.2) is 4.39 Å². The predicted octanol–water partition coefficient (Wildman–Crippen LogP) is 1.47. The Hall–Kier alpha value is -1.42.